The molecule has 9 heteroatoms. The Labute approximate surface area is 220 Å². The van der Waals surface area contributed by atoms with Crippen LogP contribution in [0.15, 0.2) is 72.3 Å². The van der Waals surface area contributed by atoms with Crippen molar-refractivity contribution < 1.29 is 28.7 Å². The van der Waals surface area contributed by atoms with Crippen molar-refractivity contribution >= 4 is 41.2 Å². The highest BCUT2D eigenvalue weighted by Crippen LogP contribution is 2.27. The van der Waals surface area contributed by atoms with E-state index in [0.29, 0.717) is 29.4 Å². The van der Waals surface area contributed by atoms with Crippen LogP contribution >= 0.6 is 0 Å². The van der Waals surface area contributed by atoms with Gasteiger partial charge in [-0.05, 0) is 68.8 Å². The minimum absolute atomic E-state index is 0.255. The monoisotopic (exact) mass is 513 g/mol. The van der Waals surface area contributed by atoms with E-state index in [0.717, 1.165) is 16.0 Å². The number of nitrogens with one attached hydrogen (secondary N) is 2. The molecule has 0 unspecified atom stereocenters. The van der Waals surface area contributed by atoms with Crippen LogP contribution < -0.4 is 25.0 Å². The number of rotatable bonds is 8. The van der Waals surface area contributed by atoms with Crippen LogP contribution in [0.5, 0.6) is 11.5 Å². The van der Waals surface area contributed by atoms with Crippen LogP contribution in [0.25, 0.3) is 6.08 Å². The minimum atomic E-state index is -0.853. The van der Waals surface area contributed by atoms with Crippen molar-refractivity contribution in [1.29, 1.82) is 0 Å². The molecule has 1 fully saturated rings. The molecule has 9 nitrogen and oxygen atoms in total. The average Bonchev–Trinajstić information content (AvgIpc) is 2.88. The maximum Gasteiger partial charge on any atom is 0.335 e. The molecule has 38 heavy (non-hydrogen) atoms. The molecule has 0 bridgehead atoms. The lowest BCUT2D eigenvalue weighted by Crippen LogP contribution is -2.54. The molecule has 1 aliphatic heterocycles. The molecule has 5 amide bonds. The van der Waals surface area contributed by atoms with Gasteiger partial charge >= 0.3 is 6.03 Å². The summed E-state index contributed by atoms with van der Waals surface area (Å²) in [7, 11) is 0. The van der Waals surface area contributed by atoms with E-state index in [1.165, 1.54) is 6.08 Å². The van der Waals surface area contributed by atoms with Gasteiger partial charge < -0.3 is 14.8 Å². The Morgan fingerprint density at radius 1 is 0.974 bits per heavy atom. The SMILES string of the molecule is CCOc1ccc(N2C(=O)NC(=O)/C(=C\c3ccccc3OCC(=O)Nc3ccc(C)cc3C)C2=O)cc1. The number of hydrogen-bond acceptors (Lipinski definition) is 6. The van der Waals surface area contributed by atoms with Crippen molar-refractivity contribution in [3.05, 3.63) is 89.0 Å². The first-order valence-electron chi connectivity index (χ1n) is 12.0. The number of nitrogens with zero attached hydrogens (tertiary/aromatic N) is 1. The second-order valence-electron chi connectivity index (χ2n) is 8.58. The predicted octanol–water partition coefficient (Wildman–Crippen LogP) is 4.39. The van der Waals surface area contributed by atoms with E-state index in [4.69, 9.17) is 9.47 Å². The predicted molar refractivity (Wildman–Crippen MR) is 143 cm³/mol. The smallest absolute Gasteiger partial charge is 0.335 e. The van der Waals surface area contributed by atoms with Gasteiger partial charge in [-0.3, -0.25) is 19.7 Å². The second kappa shape index (κ2) is 11.4. The molecular weight excluding hydrogens is 486 g/mol. The van der Waals surface area contributed by atoms with Crippen LogP contribution in [0.2, 0.25) is 0 Å². The van der Waals surface area contributed by atoms with Crippen molar-refractivity contribution in [2.75, 3.05) is 23.4 Å². The molecule has 0 aromatic heterocycles. The zero-order valence-corrected chi connectivity index (χ0v) is 21.2. The van der Waals surface area contributed by atoms with E-state index in [2.05, 4.69) is 10.6 Å². The molecule has 3 aromatic carbocycles. The molecular formula is C29H27N3O6. The molecule has 3 aromatic rings. The highest BCUT2D eigenvalue weighted by atomic mass is 16.5. The third kappa shape index (κ3) is 5.89. The van der Waals surface area contributed by atoms with Crippen molar-refractivity contribution in [2.45, 2.75) is 20.8 Å². The number of ether oxygens (including phenoxy) is 2. The maximum atomic E-state index is 13.2. The number of urea groups is 1. The lowest BCUT2D eigenvalue weighted by Gasteiger charge is -2.26. The number of carbonyl (C=O) groups excluding carboxylic acids is 4. The number of para-hydroxylation sites is 1. The number of amides is 5. The van der Waals surface area contributed by atoms with Gasteiger partial charge in [-0.25, -0.2) is 9.69 Å². The minimum Gasteiger partial charge on any atom is -0.494 e. The highest BCUT2D eigenvalue weighted by molar-refractivity contribution is 6.39. The van der Waals surface area contributed by atoms with Crippen LogP contribution in [-0.2, 0) is 14.4 Å². The summed E-state index contributed by atoms with van der Waals surface area (Å²) in [5.74, 6) is -1.10. The van der Waals surface area contributed by atoms with Crippen LogP contribution in [-0.4, -0.2) is 37.0 Å². The number of aryl methyl sites for hydroxylation is 2. The normalized spacial score (nSPS) is 14.3. The first-order valence-corrected chi connectivity index (χ1v) is 12.0. The lowest BCUT2D eigenvalue weighted by molar-refractivity contribution is -0.122. The fraction of sp³-hybridized carbons (Fsp3) is 0.172. The van der Waals surface area contributed by atoms with Gasteiger partial charge in [0.15, 0.2) is 6.61 Å². The quantitative estimate of drug-likeness (QED) is 0.341. The Morgan fingerprint density at radius 3 is 2.42 bits per heavy atom. The molecule has 2 N–H and O–H groups in total. The topological polar surface area (TPSA) is 114 Å². The van der Waals surface area contributed by atoms with E-state index in [-0.39, 0.29) is 23.8 Å². The first-order chi connectivity index (χ1) is 18.3. The van der Waals surface area contributed by atoms with E-state index in [1.54, 1.807) is 48.5 Å². The van der Waals surface area contributed by atoms with Gasteiger partial charge in [0.25, 0.3) is 17.7 Å². The van der Waals surface area contributed by atoms with Crippen molar-refractivity contribution in [2.24, 2.45) is 0 Å². The van der Waals surface area contributed by atoms with Crippen molar-refractivity contribution in [3.63, 3.8) is 0 Å². The van der Waals surface area contributed by atoms with E-state index < -0.39 is 17.8 Å². The van der Waals surface area contributed by atoms with Gasteiger partial charge in [-0.1, -0.05) is 35.9 Å². The average molecular weight is 514 g/mol. The summed E-state index contributed by atoms with van der Waals surface area (Å²) in [6.45, 7) is 5.90. The summed E-state index contributed by atoms with van der Waals surface area (Å²) < 4.78 is 11.1. The van der Waals surface area contributed by atoms with Crippen molar-refractivity contribution in [3.8, 4) is 11.5 Å². The van der Waals surface area contributed by atoms with Gasteiger partial charge in [0.05, 0.1) is 12.3 Å². The van der Waals surface area contributed by atoms with E-state index >= 15 is 0 Å². The number of anilines is 2. The molecule has 1 heterocycles. The third-order valence-corrected chi connectivity index (χ3v) is 5.74. The van der Waals surface area contributed by atoms with Gasteiger partial charge in [-0.2, -0.15) is 0 Å². The zero-order chi connectivity index (χ0) is 27.2. The summed E-state index contributed by atoms with van der Waals surface area (Å²) >= 11 is 0. The second-order valence-corrected chi connectivity index (χ2v) is 8.58. The van der Waals surface area contributed by atoms with Gasteiger partial charge in [0.1, 0.15) is 17.1 Å². The first kappa shape index (κ1) is 26.2. The van der Waals surface area contributed by atoms with E-state index in [9.17, 15) is 19.2 Å². The number of carbonyl (C=O) groups is 4. The fourth-order valence-electron chi connectivity index (χ4n) is 3.92. The number of benzene rings is 3. The Bertz CT molecular complexity index is 1430. The van der Waals surface area contributed by atoms with Crippen LogP contribution in [0, 0.1) is 13.8 Å². The number of hydrogen-bond donors (Lipinski definition) is 2. The highest BCUT2D eigenvalue weighted by Gasteiger charge is 2.37. The molecule has 0 radical (unpaired) electrons. The Hall–Kier alpha value is -4.92. The largest absolute Gasteiger partial charge is 0.494 e. The van der Waals surface area contributed by atoms with Crippen molar-refractivity contribution in [1.82, 2.24) is 5.32 Å². The molecule has 1 saturated heterocycles. The molecule has 1 aliphatic rings. The van der Waals surface area contributed by atoms with Gasteiger partial charge in [0.2, 0.25) is 0 Å². The van der Waals surface area contributed by atoms with Crippen LogP contribution in [0.3, 0.4) is 0 Å². The van der Waals surface area contributed by atoms with Crippen LogP contribution in [0.1, 0.15) is 23.6 Å². The Balaban J connectivity index is 1.53. The fourth-order valence-corrected chi connectivity index (χ4v) is 3.92. The Kier molecular flexibility index (Phi) is 7.86. The van der Waals surface area contributed by atoms with Gasteiger partial charge in [-0.15, -0.1) is 0 Å². The summed E-state index contributed by atoms with van der Waals surface area (Å²) in [6, 6.07) is 17.9. The summed E-state index contributed by atoms with van der Waals surface area (Å²) in [5.41, 5.74) is 3.12. The summed E-state index contributed by atoms with van der Waals surface area (Å²) in [6.07, 6.45) is 1.34. The molecule has 0 spiro atoms. The number of imide groups is 2. The standard InChI is InChI=1S/C29H27N3O6/c1-4-37-22-12-10-21(11-13-22)32-28(35)23(27(34)31-29(32)36)16-20-7-5-6-8-25(20)38-17-26(33)30-24-14-9-18(2)15-19(24)3/h5-16H,4,17H2,1-3H3,(H,30,33)(H,31,34,36)/b23-16+. The molecule has 0 aliphatic carbocycles. The zero-order valence-electron chi connectivity index (χ0n) is 21.2. The van der Waals surface area contributed by atoms with E-state index in [1.807, 2.05) is 39.0 Å². The molecule has 194 valence electrons. The Morgan fingerprint density at radius 2 is 1.71 bits per heavy atom. The molecule has 4 rings (SSSR count). The third-order valence-electron chi connectivity index (χ3n) is 5.74. The molecule has 0 atom stereocenters. The summed E-state index contributed by atoms with van der Waals surface area (Å²) in [5, 5.41) is 5.01. The molecule has 0 saturated carbocycles. The number of barbiturate groups is 1. The van der Waals surface area contributed by atoms with Crippen LogP contribution in [0.4, 0.5) is 16.2 Å². The maximum absolute atomic E-state index is 13.2. The van der Waals surface area contributed by atoms with Gasteiger partial charge in [0, 0.05) is 11.3 Å². The lowest BCUT2D eigenvalue weighted by atomic mass is 10.1. The summed E-state index contributed by atoms with van der Waals surface area (Å²) in [4.78, 5) is 51.7.